The van der Waals surface area contributed by atoms with Crippen LogP contribution in [0, 0.1) is 0 Å². The summed E-state index contributed by atoms with van der Waals surface area (Å²) < 4.78 is 0. The molecule has 0 unspecified atom stereocenters. The number of allylic oxidation sites excluding steroid dienone is 2. The van der Waals surface area contributed by atoms with Crippen LogP contribution in [0.15, 0.2) is 16.8 Å². The number of rotatable bonds is 1. The average Bonchev–Trinajstić information content (AvgIpc) is 2.17. The molecule has 1 aliphatic rings. The predicted octanol–water partition coefficient (Wildman–Crippen LogP) is 2.94. The Morgan fingerprint density at radius 2 is 2.30 bits per heavy atom. The highest BCUT2D eigenvalue weighted by atomic mass is 32.1. The van der Waals surface area contributed by atoms with E-state index in [1.165, 1.54) is 19.3 Å². The third kappa shape index (κ3) is 2.42. The zero-order valence-corrected chi connectivity index (χ0v) is 6.78. The zero-order valence-electron chi connectivity index (χ0n) is 5.97. The monoisotopic (exact) mass is 153 g/mol. The quantitative estimate of drug-likeness (QED) is 0.417. The van der Waals surface area contributed by atoms with Gasteiger partial charge in [0.2, 0.25) is 0 Å². The van der Waals surface area contributed by atoms with E-state index >= 15 is 0 Å². The van der Waals surface area contributed by atoms with E-state index in [4.69, 9.17) is 0 Å². The fourth-order valence-electron chi connectivity index (χ4n) is 1.16. The topological polar surface area (TPSA) is 12.4 Å². The number of thiocarbonyl (C=S) groups is 1. The maximum Gasteiger partial charge on any atom is 0.0637 e. The number of hydrogen-bond acceptors (Lipinski definition) is 2. The van der Waals surface area contributed by atoms with E-state index in [0.717, 1.165) is 18.5 Å². The number of aliphatic imine (C=N–C) groups is 1. The number of isothiocyanates is 1. The third-order valence-electron chi connectivity index (χ3n) is 1.71. The first-order chi connectivity index (χ1) is 4.93. The Labute approximate surface area is 66.9 Å². The molecular formula is C8H11NS. The number of nitrogens with zero attached hydrogens (tertiary/aromatic N) is 1. The minimum absolute atomic E-state index is 1.09. The maximum absolute atomic E-state index is 4.52. The van der Waals surface area contributed by atoms with Crippen LogP contribution >= 0.6 is 12.2 Å². The molecule has 0 atom stereocenters. The van der Waals surface area contributed by atoms with Crippen molar-refractivity contribution in [3.63, 3.8) is 0 Å². The van der Waals surface area contributed by atoms with Crippen molar-refractivity contribution in [3.8, 4) is 0 Å². The van der Waals surface area contributed by atoms with Crippen LogP contribution in [0.4, 0.5) is 0 Å². The standard InChI is InChI=1S/C8H11NS/c10-7-9-8-5-3-1-2-4-6-8/h5H,1-4,6H2. The van der Waals surface area contributed by atoms with Gasteiger partial charge in [-0.1, -0.05) is 12.5 Å². The van der Waals surface area contributed by atoms with Gasteiger partial charge in [-0.2, -0.15) is 4.99 Å². The van der Waals surface area contributed by atoms with E-state index in [-0.39, 0.29) is 0 Å². The number of hydrogen-bond donors (Lipinski definition) is 0. The van der Waals surface area contributed by atoms with Gasteiger partial charge in [-0.3, -0.25) is 0 Å². The third-order valence-corrected chi connectivity index (χ3v) is 1.80. The Hall–Kier alpha value is -0.460. The molecule has 0 N–H and O–H groups in total. The van der Waals surface area contributed by atoms with E-state index in [2.05, 4.69) is 28.4 Å². The molecule has 10 heavy (non-hydrogen) atoms. The SMILES string of the molecule is S=C=NC1=CCCCCC1. The lowest BCUT2D eigenvalue weighted by atomic mass is 10.2. The van der Waals surface area contributed by atoms with Crippen LogP contribution in [0.2, 0.25) is 0 Å². The van der Waals surface area contributed by atoms with Gasteiger partial charge >= 0.3 is 0 Å². The van der Waals surface area contributed by atoms with Crippen LogP contribution in [0.3, 0.4) is 0 Å². The predicted molar refractivity (Wildman–Crippen MR) is 46.2 cm³/mol. The minimum Gasteiger partial charge on any atom is -0.200 e. The molecule has 0 fully saturated rings. The molecule has 0 aromatic heterocycles. The summed E-state index contributed by atoms with van der Waals surface area (Å²) in [6.07, 6.45) is 8.31. The van der Waals surface area contributed by atoms with Gasteiger partial charge in [0.15, 0.2) is 0 Å². The highest BCUT2D eigenvalue weighted by Crippen LogP contribution is 2.17. The van der Waals surface area contributed by atoms with Crippen molar-refractivity contribution in [1.82, 2.24) is 0 Å². The van der Waals surface area contributed by atoms with Crippen LogP contribution in [-0.2, 0) is 0 Å². The molecule has 54 valence electrons. The molecule has 0 spiro atoms. The van der Waals surface area contributed by atoms with Crippen molar-refractivity contribution in [2.75, 3.05) is 0 Å². The van der Waals surface area contributed by atoms with Crippen LogP contribution in [0.25, 0.3) is 0 Å². The summed E-state index contributed by atoms with van der Waals surface area (Å²) in [4.78, 5) is 3.97. The van der Waals surface area contributed by atoms with Crippen molar-refractivity contribution >= 4 is 17.4 Å². The first kappa shape index (κ1) is 7.64. The van der Waals surface area contributed by atoms with Gasteiger partial charge in [-0.15, -0.1) is 0 Å². The normalized spacial score (nSPS) is 18.6. The fraction of sp³-hybridized carbons (Fsp3) is 0.625. The van der Waals surface area contributed by atoms with Crippen LogP contribution in [0.5, 0.6) is 0 Å². The van der Waals surface area contributed by atoms with E-state index < -0.39 is 0 Å². The smallest absolute Gasteiger partial charge is 0.0637 e. The van der Waals surface area contributed by atoms with Crippen molar-refractivity contribution in [2.24, 2.45) is 4.99 Å². The summed E-state index contributed by atoms with van der Waals surface area (Å²) in [5.41, 5.74) is 1.13. The average molecular weight is 153 g/mol. The van der Waals surface area contributed by atoms with Crippen molar-refractivity contribution < 1.29 is 0 Å². The molecule has 2 heteroatoms. The molecule has 1 rings (SSSR count). The second kappa shape index (κ2) is 4.37. The molecule has 0 amide bonds. The van der Waals surface area contributed by atoms with E-state index in [0.29, 0.717) is 0 Å². The van der Waals surface area contributed by atoms with Crippen LogP contribution < -0.4 is 0 Å². The first-order valence-electron chi connectivity index (χ1n) is 3.70. The Morgan fingerprint density at radius 1 is 1.40 bits per heavy atom. The van der Waals surface area contributed by atoms with Gasteiger partial charge in [0.1, 0.15) is 0 Å². The Bertz CT molecular complexity index is 178. The molecule has 1 nitrogen and oxygen atoms in total. The van der Waals surface area contributed by atoms with Crippen LogP contribution in [-0.4, -0.2) is 5.16 Å². The van der Waals surface area contributed by atoms with Gasteiger partial charge in [0, 0.05) is 5.70 Å². The fourth-order valence-corrected chi connectivity index (χ4v) is 1.28. The van der Waals surface area contributed by atoms with Crippen LogP contribution in [0.1, 0.15) is 32.1 Å². The minimum atomic E-state index is 1.09. The Kier molecular flexibility index (Phi) is 3.34. The zero-order chi connectivity index (χ0) is 7.23. The highest BCUT2D eigenvalue weighted by Gasteiger charge is 1.99. The summed E-state index contributed by atoms with van der Waals surface area (Å²) in [5, 5.41) is 2.41. The lowest BCUT2D eigenvalue weighted by molar-refractivity contribution is 0.710. The first-order valence-corrected chi connectivity index (χ1v) is 4.11. The van der Waals surface area contributed by atoms with Gasteiger partial charge in [-0.25, -0.2) is 0 Å². The summed E-state index contributed by atoms with van der Waals surface area (Å²) in [6.45, 7) is 0. The highest BCUT2D eigenvalue weighted by molar-refractivity contribution is 7.78. The van der Waals surface area contributed by atoms with E-state index in [1.807, 2.05) is 0 Å². The molecule has 0 aliphatic heterocycles. The van der Waals surface area contributed by atoms with Gasteiger partial charge < -0.3 is 0 Å². The lowest BCUT2D eigenvalue weighted by Crippen LogP contribution is -1.74. The van der Waals surface area contributed by atoms with E-state index in [1.54, 1.807) is 0 Å². The Morgan fingerprint density at radius 3 is 3.10 bits per heavy atom. The maximum atomic E-state index is 4.52. The van der Waals surface area contributed by atoms with Gasteiger partial charge in [-0.05, 0) is 37.9 Å². The lowest BCUT2D eigenvalue weighted by Gasteiger charge is -1.92. The molecule has 0 heterocycles. The van der Waals surface area contributed by atoms with E-state index in [9.17, 15) is 0 Å². The molecule has 1 aliphatic carbocycles. The molecule has 0 saturated carbocycles. The molecule has 0 bridgehead atoms. The summed E-state index contributed by atoms with van der Waals surface area (Å²) in [5.74, 6) is 0. The molecule has 0 aromatic carbocycles. The summed E-state index contributed by atoms with van der Waals surface area (Å²) >= 11 is 4.52. The van der Waals surface area contributed by atoms with Gasteiger partial charge in [0.25, 0.3) is 0 Å². The second-order valence-electron chi connectivity index (χ2n) is 2.50. The largest absolute Gasteiger partial charge is 0.200 e. The Balaban J connectivity index is 2.54. The van der Waals surface area contributed by atoms with Gasteiger partial charge in [0.05, 0.1) is 5.16 Å². The second-order valence-corrected chi connectivity index (χ2v) is 2.68. The molecular weight excluding hydrogens is 142 g/mol. The molecule has 0 aromatic rings. The van der Waals surface area contributed by atoms with Crippen molar-refractivity contribution in [2.45, 2.75) is 32.1 Å². The summed E-state index contributed by atoms with van der Waals surface area (Å²) in [6, 6.07) is 0. The molecule has 0 radical (unpaired) electrons. The van der Waals surface area contributed by atoms with Crippen molar-refractivity contribution in [1.29, 1.82) is 0 Å². The molecule has 0 saturated heterocycles. The van der Waals surface area contributed by atoms with Crippen molar-refractivity contribution in [3.05, 3.63) is 11.8 Å². The summed E-state index contributed by atoms with van der Waals surface area (Å²) in [7, 11) is 0.